The van der Waals surface area contributed by atoms with Crippen molar-refractivity contribution in [3.8, 4) is 0 Å². The normalized spacial score (nSPS) is 11.4. The zero-order chi connectivity index (χ0) is 31.6. The Morgan fingerprint density at radius 1 is 0.622 bits per heavy atom. The molecule has 236 valence electrons. The van der Waals surface area contributed by atoms with Gasteiger partial charge in [-0.05, 0) is 72.6 Å². The van der Waals surface area contributed by atoms with E-state index in [1.807, 2.05) is 0 Å². The molecule has 4 heterocycles. The Morgan fingerprint density at radius 3 is 1.53 bits per heavy atom. The Kier molecular flexibility index (Phi) is 10.9. The van der Waals surface area contributed by atoms with E-state index >= 15 is 0 Å². The van der Waals surface area contributed by atoms with Crippen molar-refractivity contribution in [3.63, 3.8) is 0 Å². The highest BCUT2D eigenvalue weighted by atomic mass is 16.2. The summed E-state index contributed by atoms with van der Waals surface area (Å²) >= 11 is 0. The number of carbonyl (C=O) groups excluding carboxylic acids is 2. The molecule has 4 aromatic heterocycles. The van der Waals surface area contributed by atoms with Crippen molar-refractivity contribution in [1.29, 1.82) is 0 Å². The molecular weight excluding hydrogens is 564 g/mol. The minimum Gasteiger partial charge on any atom is -0.355 e. The van der Waals surface area contributed by atoms with Gasteiger partial charge >= 0.3 is 0 Å². The third-order valence-electron chi connectivity index (χ3n) is 7.99. The van der Waals surface area contributed by atoms with Crippen molar-refractivity contribution >= 4 is 23.1 Å². The molecule has 2 amide bonds. The number of amides is 2. The number of imidazole rings is 2. The molecule has 10 nitrogen and oxygen atoms in total. The second kappa shape index (κ2) is 15.5. The van der Waals surface area contributed by atoms with E-state index in [2.05, 4.69) is 104 Å². The summed E-state index contributed by atoms with van der Waals surface area (Å²) in [5, 5.41) is 12.3. The number of hydrogen-bond donors (Lipinski definition) is 4. The van der Waals surface area contributed by atoms with Crippen molar-refractivity contribution < 1.29 is 9.59 Å². The van der Waals surface area contributed by atoms with Gasteiger partial charge in [0.25, 0.3) is 0 Å². The summed E-state index contributed by atoms with van der Waals surface area (Å²) in [6, 6.07) is 15.0. The molecule has 10 heteroatoms. The first-order chi connectivity index (χ1) is 21.8. The Labute approximate surface area is 264 Å². The number of hydrogen-bond acceptors (Lipinski definition) is 6. The van der Waals surface area contributed by atoms with Gasteiger partial charge in [0.1, 0.15) is 11.3 Å². The highest BCUT2D eigenvalue weighted by Crippen LogP contribution is 2.19. The quantitative estimate of drug-likeness (QED) is 0.128. The molecule has 45 heavy (non-hydrogen) atoms. The fourth-order valence-corrected chi connectivity index (χ4v) is 5.55. The van der Waals surface area contributed by atoms with Gasteiger partial charge in [-0.3, -0.25) is 9.59 Å². The van der Waals surface area contributed by atoms with Crippen LogP contribution in [0.5, 0.6) is 0 Å². The number of aryl methyl sites for hydroxylation is 4. The van der Waals surface area contributed by atoms with Gasteiger partial charge in [0.2, 0.25) is 11.8 Å². The molecule has 0 spiro atoms. The summed E-state index contributed by atoms with van der Waals surface area (Å²) in [7, 11) is 0. The molecule has 4 N–H and O–H groups in total. The largest absolute Gasteiger partial charge is 0.355 e. The minimum atomic E-state index is -0.00796. The third kappa shape index (κ3) is 9.23. The fraction of sp³-hybridized carbons (Fsp3) is 0.371. The van der Waals surface area contributed by atoms with Crippen LogP contribution in [-0.2, 0) is 48.4 Å². The van der Waals surface area contributed by atoms with Gasteiger partial charge in [-0.1, -0.05) is 30.3 Å². The molecule has 0 saturated heterocycles. The van der Waals surface area contributed by atoms with Crippen LogP contribution in [-0.4, -0.2) is 56.8 Å². The summed E-state index contributed by atoms with van der Waals surface area (Å²) in [4.78, 5) is 31.7. The van der Waals surface area contributed by atoms with Crippen molar-refractivity contribution in [3.05, 3.63) is 106 Å². The van der Waals surface area contributed by atoms with E-state index in [0.29, 0.717) is 13.1 Å². The minimum absolute atomic E-state index is 0.00796. The molecule has 0 fully saturated rings. The first-order valence-electron chi connectivity index (χ1n) is 15.7. The van der Waals surface area contributed by atoms with Gasteiger partial charge in [0.15, 0.2) is 0 Å². The number of nitrogens with zero attached hydrogens (tertiary/aromatic N) is 4. The van der Waals surface area contributed by atoms with Gasteiger partial charge in [0, 0.05) is 77.9 Å². The zero-order valence-electron chi connectivity index (χ0n) is 26.5. The highest BCUT2D eigenvalue weighted by molar-refractivity contribution is 5.73. The van der Waals surface area contributed by atoms with Crippen molar-refractivity contribution in [2.24, 2.45) is 0 Å². The van der Waals surface area contributed by atoms with Gasteiger partial charge < -0.3 is 30.1 Å². The van der Waals surface area contributed by atoms with E-state index in [4.69, 9.17) is 9.97 Å². The van der Waals surface area contributed by atoms with E-state index in [-0.39, 0.29) is 11.8 Å². The van der Waals surface area contributed by atoms with Crippen LogP contribution in [0.2, 0.25) is 0 Å². The first-order valence-corrected chi connectivity index (χ1v) is 15.7. The smallest absolute Gasteiger partial charge is 0.216 e. The molecule has 5 rings (SSSR count). The molecule has 5 aromatic rings. The van der Waals surface area contributed by atoms with Crippen LogP contribution in [0, 0.1) is 6.92 Å². The standard InChI is InChI=1S/C35H44N8O2/c1-25-30(9-11-32-23-42-21-28(7-13-34(42)40-32)19-36-15-17-38-26(2)44)5-4-6-31(25)10-12-33-24-43-22-29(8-14-35(43)41-33)20-37-16-18-39-27(3)45/h4-8,13-14,21-24,36-37H,9-12,15-20H2,1-3H3,(H,38,44)(H,39,45). The summed E-state index contributed by atoms with van der Waals surface area (Å²) in [6.07, 6.45) is 12.2. The van der Waals surface area contributed by atoms with Crippen LogP contribution in [0.15, 0.2) is 67.3 Å². The van der Waals surface area contributed by atoms with Gasteiger partial charge in [-0.2, -0.15) is 0 Å². The highest BCUT2D eigenvalue weighted by Gasteiger charge is 2.09. The molecule has 0 atom stereocenters. The van der Waals surface area contributed by atoms with Crippen molar-refractivity contribution in [2.75, 3.05) is 26.2 Å². The van der Waals surface area contributed by atoms with Gasteiger partial charge in [-0.25, -0.2) is 9.97 Å². The topological polar surface area (TPSA) is 117 Å². The molecule has 0 saturated carbocycles. The SMILES string of the molecule is CC(=O)NCCNCc1ccc2nc(CCc3cccc(CCc4cn5cc(CNCCNC(C)=O)ccc5n4)c3C)cn2c1. The number of nitrogens with one attached hydrogen (secondary N) is 4. The van der Waals surface area contributed by atoms with Crippen LogP contribution >= 0.6 is 0 Å². The Bertz CT molecular complexity index is 1630. The van der Waals surface area contributed by atoms with Crippen LogP contribution < -0.4 is 21.3 Å². The van der Waals surface area contributed by atoms with Crippen LogP contribution in [0.4, 0.5) is 0 Å². The molecule has 0 aliphatic carbocycles. The van der Waals surface area contributed by atoms with E-state index < -0.39 is 0 Å². The summed E-state index contributed by atoms with van der Waals surface area (Å²) in [6.45, 7) is 9.48. The van der Waals surface area contributed by atoms with E-state index in [0.717, 1.165) is 74.5 Å². The average molecular weight is 609 g/mol. The number of carbonyl (C=O) groups is 2. The number of rotatable bonds is 16. The maximum Gasteiger partial charge on any atom is 0.216 e. The number of fused-ring (bicyclic) bond motifs is 2. The second-order valence-corrected chi connectivity index (χ2v) is 11.6. The molecule has 0 aliphatic rings. The summed E-state index contributed by atoms with van der Waals surface area (Å²) < 4.78 is 4.21. The Balaban J connectivity index is 1.13. The fourth-order valence-electron chi connectivity index (χ4n) is 5.55. The number of aromatic nitrogens is 4. The van der Waals surface area contributed by atoms with Gasteiger partial charge in [-0.15, -0.1) is 0 Å². The summed E-state index contributed by atoms with van der Waals surface area (Å²) in [5.41, 5.74) is 10.5. The maximum atomic E-state index is 11.0. The predicted octanol–water partition coefficient (Wildman–Crippen LogP) is 3.31. The molecular formula is C35H44N8O2. The monoisotopic (exact) mass is 608 g/mol. The van der Waals surface area contributed by atoms with Crippen LogP contribution in [0.1, 0.15) is 53.1 Å². The lowest BCUT2D eigenvalue weighted by Gasteiger charge is -2.10. The lowest BCUT2D eigenvalue weighted by molar-refractivity contribution is -0.119. The zero-order valence-corrected chi connectivity index (χ0v) is 26.5. The molecule has 0 unspecified atom stereocenters. The number of benzene rings is 1. The third-order valence-corrected chi connectivity index (χ3v) is 7.99. The lowest BCUT2D eigenvalue weighted by atomic mass is 9.95. The summed E-state index contributed by atoms with van der Waals surface area (Å²) in [5.74, 6) is -0.0159. The van der Waals surface area contributed by atoms with E-state index in [1.54, 1.807) is 0 Å². The molecule has 0 aliphatic heterocycles. The Hall–Kier alpha value is -4.54. The average Bonchev–Trinajstić information content (AvgIpc) is 3.62. The van der Waals surface area contributed by atoms with Crippen molar-refractivity contribution in [2.45, 2.75) is 59.5 Å². The van der Waals surface area contributed by atoms with E-state index in [9.17, 15) is 9.59 Å². The second-order valence-electron chi connectivity index (χ2n) is 11.6. The molecule has 0 bridgehead atoms. The van der Waals surface area contributed by atoms with Crippen LogP contribution in [0.25, 0.3) is 11.3 Å². The van der Waals surface area contributed by atoms with Crippen LogP contribution in [0.3, 0.4) is 0 Å². The van der Waals surface area contributed by atoms with Gasteiger partial charge in [0.05, 0.1) is 11.4 Å². The lowest BCUT2D eigenvalue weighted by Crippen LogP contribution is -2.29. The predicted molar refractivity (Wildman–Crippen MR) is 177 cm³/mol. The maximum absolute atomic E-state index is 11.0. The van der Waals surface area contributed by atoms with E-state index in [1.165, 1.54) is 41.7 Å². The molecule has 1 aromatic carbocycles. The van der Waals surface area contributed by atoms with Crippen molar-refractivity contribution in [1.82, 2.24) is 40.0 Å². The Morgan fingerprint density at radius 2 is 1.09 bits per heavy atom. The first kappa shape index (κ1) is 31.9. The molecule has 0 radical (unpaired) electrons. The number of pyridine rings is 2.